The Hall–Kier alpha value is -1.86. The third kappa shape index (κ3) is 3.31. The summed E-state index contributed by atoms with van der Waals surface area (Å²) in [7, 11) is 1.36. The van der Waals surface area contributed by atoms with Crippen molar-refractivity contribution in [2.24, 2.45) is 0 Å². The molecule has 1 rings (SSSR count). The summed E-state index contributed by atoms with van der Waals surface area (Å²) >= 11 is 0. The smallest absolute Gasteiger partial charge is 0.311 e. The van der Waals surface area contributed by atoms with Gasteiger partial charge in [-0.3, -0.25) is 10.1 Å². The molecule has 0 radical (unpaired) electrons. The fraction of sp³-hybridized carbons (Fsp3) is 0.455. The van der Waals surface area contributed by atoms with Gasteiger partial charge in [0.1, 0.15) is 0 Å². The van der Waals surface area contributed by atoms with Gasteiger partial charge in [0.25, 0.3) is 0 Å². The zero-order chi connectivity index (χ0) is 13.5. The highest BCUT2D eigenvalue weighted by atomic mass is 16.6. The third-order valence-electron chi connectivity index (χ3n) is 2.46. The van der Waals surface area contributed by atoms with E-state index in [-0.39, 0.29) is 24.7 Å². The number of hydrogen-bond acceptors (Lipinski definition) is 6. The van der Waals surface area contributed by atoms with Gasteiger partial charge in [0.15, 0.2) is 5.75 Å². The molecule has 0 aliphatic rings. The number of hydrogen-bond donors (Lipinski definition) is 2. The summed E-state index contributed by atoms with van der Waals surface area (Å²) in [4.78, 5) is 11.9. The quantitative estimate of drug-likeness (QED) is 0.541. The van der Waals surface area contributed by atoms with E-state index in [1.54, 1.807) is 11.0 Å². The number of nitrogens with zero attached hydrogens (tertiary/aromatic N) is 2. The van der Waals surface area contributed by atoms with Crippen molar-refractivity contribution in [3.8, 4) is 5.75 Å². The zero-order valence-electron chi connectivity index (χ0n) is 10.1. The van der Waals surface area contributed by atoms with Crippen LogP contribution in [-0.4, -0.2) is 48.5 Å². The Bertz CT molecular complexity index is 404. The van der Waals surface area contributed by atoms with Crippen molar-refractivity contribution in [3.05, 3.63) is 28.3 Å². The molecule has 0 amide bonds. The Morgan fingerprint density at radius 3 is 2.39 bits per heavy atom. The number of benzene rings is 1. The minimum atomic E-state index is -0.523. The Morgan fingerprint density at radius 1 is 1.33 bits per heavy atom. The maximum absolute atomic E-state index is 10.7. The Balaban J connectivity index is 3.05. The molecule has 100 valence electrons. The lowest BCUT2D eigenvalue weighted by Gasteiger charge is -2.23. The maximum atomic E-state index is 10.7. The predicted octanol–water partition coefficient (Wildman–Crippen LogP) is 0.394. The van der Waals surface area contributed by atoms with Gasteiger partial charge in [-0.2, -0.15) is 0 Å². The number of aliphatic hydroxyl groups excluding tert-OH is 2. The van der Waals surface area contributed by atoms with Crippen LogP contribution in [0.4, 0.5) is 11.4 Å². The van der Waals surface area contributed by atoms with E-state index in [0.29, 0.717) is 18.8 Å². The van der Waals surface area contributed by atoms with Crippen molar-refractivity contribution < 1.29 is 19.9 Å². The van der Waals surface area contributed by atoms with E-state index in [9.17, 15) is 10.1 Å². The molecule has 0 bridgehead atoms. The van der Waals surface area contributed by atoms with Gasteiger partial charge in [0.05, 0.1) is 25.2 Å². The molecule has 18 heavy (non-hydrogen) atoms. The Labute approximate surface area is 104 Å². The second-order valence-electron chi connectivity index (χ2n) is 3.55. The van der Waals surface area contributed by atoms with Crippen molar-refractivity contribution in [1.82, 2.24) is 0 Å². The van der Waals surface area contributed by atoms with Gasteiger partial charge < -0.3 is 19.8 Å². The van der Waals surface area contributed by atoms with Crippen LogP contribution in [0.15, 0.2) is 18.2 Å². The fourth-order valence-electron chi connectivity index (χ4n) is 1.63. The van der Waals surface area contributed by atoms with Crippen LogP contribution in [0.1, 0.15) is 0 Å². The fourth-order valence-corrected chi connectivity index (χ4v) is 1.63. The molecule has 0 unspecified atom stereocenters. The number of nitro groups is 1. The molecule has 0 aliphatic carbocycles. The Kier molecular flexibility index (Phi) is 5.34. The molecule has 0 heterocycles. The molecule has 0 aromatic heterocycles. The van der Waals surface area contributed by atoms with E-state index >= 15 is 0 Å². The summed E-state index contributed by atoms with van der Waals surface area (Å²) in [5, 5.41) is 28.6. The van der Waals surface area contributed by atoms with Crippen LogP contribution in [-0.2, 0) is 0 Å². The second-order valence-corrected chi connectivity index (χ2v) is 3.55. The van der Waals surface area contributed by atoms with E-state index in [0.717, 1.165) is 0 Å². The van der Waals surface area contributed by atoms with E-state index in [2.05, 4.69) is 0 Å². The number of rotatable bonds is 7. The van der Waals surface area contributed by atoms with E-state index in [1.807, 2.05) is 0 Å². The SMILES string of the molecule is COc1cc(N(CCO)CCO)ccc1[N+](=O)[O-]. The van der Waals surface area contributed by atoms with E-state index < -0.39 is 4.92 Å². The maximum Gasteiger partial charge on any atom is 0.311 e. The van der Waals surface area contributed by atoms with Crippen molar-refractivity contribution >= 4 is 11.4 Å². The molecule has 0 fully saturated rings. The highest BCUT2D eigenvalue weighted by molar-refractivity contribution is 5.59. The van der Waals surface area contributed by atoms with Crippen molar-refractivity contribution in [3.63, 3.8) is 0 Å². The lowest BCUT2D eigenvalue weighted by atomic mass is 10.2. The number of aliphatic hydroxyl groups is 2. The number of anilines is 1. The largest absolute Gasteiger partial charge is 0.490 e. The van der Waals surface area contributed by atoms with Gasteiger partial charge in [-0.05, 0) is 6.07 Å². The first-order valence-electron chi connectivity index (χ1n) is 5.43. The van der Waals surface area contributed by atoms with Crippen LogP contribution in [0, 0.1) is 10.1 Å². The average Bonchev–Trinajstić information content (AvgIpc) is 2.37. The van der Waals surface area contributed by atoms with E-state index in [1.165, 1.54) is 19.2 Å². The number of ether oxygens (including phenoxy) is 1. The third-order valence-corrected chi connectivity index (χ3v) is 2.46. The van der Waals surface area contributed by atoms with Crippen LogP contribution >= 0.6 is 0 Å². The monoisotopic (exact) mass is 256 g/mol. The standard InChI is InChI=1S/C11H16N2O5/c1-18-11-8-9(2-3-10(11)13(16)17)12(4-6-14)5-7-15/h2-3,8,14-15H,4-7H2,1H3. The van der Waals surface area contributed by atoms with Gasteiger partial charge in [-0.1, -0.05) is 0 Å². The lowest BCUT2D eigenvalue weighted by Crippen LogP contribution is -2.29. The molecule has 1 aromatic rings. The molecule has 0 spiro atoms. The first-order chi connectivity index (χ1) is 8.63. The van der Waals surface area contributed by atoms with Gasteiger partial charge in [-0.25, -0.2) is 0 Å². The zero-order valence-corrected chi connectivity index (χ0v) is 10.1. The molecule has 0 atom stereocenters. The summed E-state index contributed by atoms with van der Waals surface area (Å²) in [6, 6.07) is 4.42. The molecule has 7 heteroatoms. The lowest BCUT2D eigenvalue weighted by molar-refractivity contribution is -0.385. The van der Waals surface area contributed by atoms with E-state index in [4.69, 9.17) is 14.9 Å². The molecule has 7 nitrogen and oxygen atoms in total. The number of methoxy groups -OCH3 is 1. The first-order valence-corrected chi connectivity index (χ1v) is 5.43. The first kappa shape index (κ1) is 14.2. The van der Waals surface area contributed by atoms with Gasteiger partial charge in [-0.15, -0.1) is 0 Å². The minimum Gasteiger partial charge on any atom is -0.490 e. The van der Waals surface area contributed by atoms with Crippen molar-refractivity contribution in [2.45, 2.75) is 0 Å². The normalized spacial score (nSPS) is 10.2. The summed E-state index contributed by atoms with van der Waals surface area (Å²) in [5.41, 5.74) is 0.537. The summed E-state index contributed by atoms with van der Waals surface area (Å²) in [6.07, 6.45) is 0. The highest BCUT2D eigenvalue weighted by Crippen LogP contribution is 2.31. The van der Waals surface area contributed by atoms with Gasteiger partial charge >= 0.3 is 5.69 Å². The van der Waals surface area contributed by atoms with Crippen molar-refractivity contribution in [2.75, 3.05) is 38.3 Å². The molecular formula is C11H16N2O5. The van der Waals surface area contributed by atoms with Crippen LogP contribution < -0.4 is 9.64 Å². The Morgan fingerprint density at radius 2 is 1.94 bits per heavy atom. The number of nitro benzene ring substituents is 1. The van der Waals surface area contributed by atoms with Crippen molar-refractivity contribution in [1.29, 1.82) is 0 Å². The minimum absolute atomic E-state index is 0.0701. The van der Waals surface area contributed by atoms with Gasteiger partial charge in [0.2, 0.25) is 0 Å². The molecule has 2 N–H and O–H groups in total. The molecule has 0 saturated carbocycles. The molecular weight excluding hydrogens is 240 g/mol. The van der Waals surface area contributed by atoms with Crippen LogP contribution in [0.3, 0.4) is 0 Å². The van der Waals surface area contributed by atoms with Crippen LogP contribution in [0.5, 0.6) is 5.75 Å². The topological polar surface area (TPSA) is 96.1 Å². The molecule has 0 saturated heterocycles. The van der Waals surface area contributed by atoms with Gasteiger partial charge in [0, 0.05) is 30.9 Å². The molecule has 1 aromatic carbocycles. The van der Waals surface area contributed by atoms with Crippen LogP contribution in [0.25, 0.3) is 0 Å². The predicted molar refractivity (Wildman–Crippen MR) is 66.0 cm³/mol. The molecule has 0 aliphatic heterocycles. The summed E-state index contributed by atoms with van der Waals surface area (Å²) < 4.78 is 4.96. The highest BCUT2D eigenvalue weighted by Gasteiger charge is 2.16. The second kappa shape index (κ2) is 6.77. The summed E-state index contributed by atoms with van der Waals surface area (Å²) in [6.45, 7) is 0.529. The summed E-state index contributed by atoms with van der Waals surface area (Å²) in [5.74, 6) is 0.151. The average molecular weight is 256 g/mol. The van der Waals surface area contributed by atoms with Crippen LogP contribution in [0.2, 0.25) is 0 Å².